The van der Waals surface area contributed by atoms with E-state index in [1.807, 2.05) is 36.9 Å². The molecule has 7 heteroatoms. The van der Waals surface area contributed by atoms with Gasteiger partial charge in [-0.15, -0.1) is 24.0 Å². The number of amides is 1. The number of thioether (sulfide) groups is 1. The first-order valence-corrected chi connectivity index (χ1v) is 9.77. The zero-order chi connectivity index (χ0) is 17.0. The maximum absolute atomic E-state index is 11.9. The second-order valence-corrected chi connectivity index (χ2v) is 7.20. The molecule has 2 rings (SSSR count). The molecule has 1 aromatic rings. The van der Waals surface area contributed by atoms with Gasteiger partial charge in [0.2, 0.25) is 5.91 Å². The third kappa shape index (κ3) is 9.34. The van der Waals surface area contributed by atoms with Crippen LogP contribution in [0.5, 0.6) is 0 Å². The molecule has 0 aromatic heterocycles. The van der Waals surface area contributed by atoms with Gasteiger partial charge in [0.05, 0.1) is 0 Å². The molecule has 1 heterocycles. The zero-order valence-electron chi connectivity index (χ0n) is 14.8. The molecule has 1 aromatic carbocycles. The second-order valence-electron chi connectivity index (χ2n) is 5.80. The molecule has 0 spiro atoms. The van der Waals surface area contributed by atoms with Crippen molar-refractivity contribution in [2.45, 2.75) is 31.4 Å². The fourth-order valence-corrected chi connectivity index (χ4v) is 3.76. The Kier molecular flexibility index (Phi) is 11.7. The van der Waals surface area contributed by atoms with E-state index >= 15 is 0 Å². The smallest absolute Gasteiger partial charge is 0.241 e. The number of aliphatic imine (C=N–C) groups is 1. The first kappa shape index (κ1) is 22.1. The Balaban J connectivity index is 0.00000312. The summed E-state index contributed by atoms with van der Waals surface area (Å²) < 4.78 is 0. The second kappa shape index (κ2) is 13.3. The highest BCUT2D eigenvalue weighted by molar-refractivity contribution is 14.0. The van der Waals surface area contributed by atoms with E-state index < -0.39 is 0 Å². The van der Waals surface area contributed by atoms with Gasteiger partial charge in [0.15, 0.2) is 5.96 Å². The topological polar surface area (TPSA) is 65.5 Å². The van der Waals surface area contributed by atoms with E-state index in [2.05, 4.69) is 33.1 Å². The van der Waals surface area contributed by atoms with Crippen LogP contribution in [0.3, 0.4) is 0 Å². The molecule has 1 atom stereocenters. The number of guanidine groups is 1. The number of carbonyl (C=O) groups is 1. The van der Waals surface area contributed by atoms with Gasteiger partial charge in [-0.25, -0.2) is 4.99 Å². The minimum atomic E-state index is -0.0432. The van der Waals surface area contributed by atoms with Crippen LogP contribution in [0.25, 0.3) is 0 Å². The highest BCUT2D eigenvalue weighted by Crippen LogP contribution is 2.25. The molecule has 1 saturated heterocycles. The van der Waals surface area contributed by atoms with Gasteiger partial charge in [-0.2, -0.15) is 11.8 Å². The lowest BCUT2D eigenvalue weighted by molar-refractivity contribution is -0.119. The van der Waals surface area contributed by atoms with Crippen molar-refractivity contribution in [1.29, 1.82) is 0 Å². The zero-order valence-corrected chi connectivity index (χ0v) is 17.9. The molecule has 0 radical (unpaired) electrons. The molecular weight excluding hydrogens is 447 g/mol. The molecule has 3 N–H and O–H groups in total. The molecule has 1 unspecified atom stereocenters. The number of benzene rings is 1. The van der Waals surface area contributed by atoms with E-state index in [1.165, 1.54) is 24.2 Å². The van der Waals surface area contributed by atoms with Crippen molar-refractivity contribution in [1.82, 2.24) is 16.0 Å². The summed E-state index contributed by atoms with van der Waals surface area (Å²) in [7, 11) is 0. The Hall–Kier alpha value is -0.960. The summed E-state index contributed by atoms with van der Waals surface area (Å²) in [5.41, 5.74) is 1.23. The number of rotatable bonds is 8. The lowest BCUT2D eigenvalue weighted by Gasteiger charge is -2.14. The van der Waals surface area contributed by atoms with Crippen LogP contribution in [0, 0.1) is 0 Å². The van der Waals surface area contributed by atoms with Gasteiger partial charge in [-0.1, -0.05) is 30.3 Å². The van der Waals surface area contributed by atoms with Crippen LogP contribution in [-0.2, 0) is 11.2 Å². The van der Waals surface area contributed by atoms with Crippen LogP contribution in [0.2, 0.25) is 0 Å². The molecular formula is C18H29IN4OS. The van der Waals surface area contributed by atoms with Crippen molar-refractivity contribution in [3.63, 3.8) is 0 Å². The molecule has 1 amide bonds. The number of nitrogens with one attached hydrogen (secondary N) is 3. The van der Waals surface area contributed by atoms with E-state index in [0.717, 1.165) is 25.5 Å². The van der Waals surface area contributed by atoms with Crippen LogP contribution in [0.15, 0.2) is 35.3 Å². The molecule has 0 aliphatic carbocycles. The largest absolute Gasteiger partial charge is 0.357 e. The van der Waals surface area contributed by atoms with Crippen LogP contribution in [0.4, 0.5) is 0 Å². The SMILES string of the molecule is CCNC(=NCC(=O)NCCc1ccccc1)NCC1CCCS1.I. The molecule has 1 aliphatic rings. The van der Waals surface area contributed by atoms with Gasteiger partial charge in [0, 0.05) is 24.9 Å². The van der Waals surface area contributed by atoms with Gasteiger partial charge in [-0.3, -0.25) is 4.79 Å². The Labute approximate surface area is 172 Å². The number of hydrogen-bond acceptors (Lipinski definition) is 3. The third-order valence-corrected chi connectivity index (χ3v) is 5.22. The summed E-state index contributed by atoms with van der Waals surface area (Å²) in [6, 6.07) is 10.2. The molecule has 1 fully saturated rings. The molecule has 0 bridgehead atoms. The lowest BCUT2D eigenvalue weighted by Crippen LogP contribution is -2.41. The summed E-state index contributed by atoms with van der Waals surface area (Å²) in [4.78, 5) is 16.3. The summed E-state index contributed by atoms with van der Waals surface area (Å²) in [5.74, 6) is 1.94. The maximum atomic E-state index is 11.9. The minimum Gasteiger partial charge on any atom is -0.357 e. The van der Waals surface area contributed by atoms with Crippen molar-refractivity contribution in [3.05, 3.63) is 35.9 Å². The Morgan fingerprint density at radius 3 is 2.72 bits per heavy atom. The van der Waals surface area contributed by atoms with Crippen molar-refractivity contribution in [2.24, 2.45) is 4.99 Å². The molecule has 1 aliphatic heterocycles. The number of carbonyl (C=O) groups excluding carboxylic acids is 1. The van der Waals surface area contributed by atoms with Crippen LogP contribution >= 0.6 is 35.7 Å². The third-order valence-electron chi connectivity index (χ3n) is 3.82. The highest BCUT2D eigenvalue weighted by atomic mass is 127. The monoisotopic (exact) mass is 476 g/mol. The van der Waals surface area contributed by atoms with E-state index in [-0.39, 0.29) is 36.4 Å². The lowest BCUT2D eigenvalue weighted by atomic mass is 10.1. The maximum Gasteiger partial charge on any atom is 0.241 e. The first-order chi connectivity index (χ1) is 11.8. The predicted molar refractivity (Wildman–Crippen MR) is 118 cm³/mol. The van der Waals surface area contributed by atoms with Crippen LogP contribution in [0.1, 0.15) is 25.3 Å². The number of hydrogen-bond donors (Lipinski definition) is 3. The van der Waals surface area contributed by atoms with Crippen molar-refractivity contribution in [3.8, 4) is 0 Å². The van der Waals surface area contributed by atoms with E-state index in [4.69, 9.17) is 0 Å². The van der Waals surface area contributed by atoms with Gasteiger partial charge < -0.3 is 16.0 Å². The Morgan fingerprint density at radius 1 is 1.24 bits per heavy atom. The fraction of sp³-hybridized carbons (Fsp3) is 0.556. The van der Waals surface area contributed by atoms with Gasteiger partial charge in [0.25, 0.3) is 0 Å². The number of halogens is 1. The Morgan fingerprint density at radius 2 is 2.04 bits per heavy atom. The van der Waals surface area contributed by atoms with Crippen LogP contribution in [-0.4, -0.2) is 49.0 Å². The average molecular weight is 476 g/mol. The van der Waals surface area contributed by atoms with E-state index in [0.29, 0.717) is 11.8 Å². The van der Waals surface area contributed by atoms with Gasteiger partial charge >= 0.3 is 0 Å². The molecule has 5 nitrogen and oxygen atoms in total. The molecule has 0 saturated carbocycles. The summed E-state index contributed by atoms with van der Waals surface area (Å²) >= 11 is 2.01. The van der Waals surface area contributed by atoms with Crippen molar-refractivity contribution >= 4 is 47.6 Å². The predicted octanol–water partition coefficient (Wildman–Crippen LogP) is 2.41. The Bertz CT molecular complexity index is 521. The molecule has 140 valence electrons. The van der Waals surface area contributed by atoms with Crippen molar-refractivity contribution < 1.29 is 4.79 Å². The summed E-state index contributed by atoms with van der Waals surface area (Å²) in [6.45, 7) is 4.52. The average Bonchev–Trinajstić information content (AvgIpc) is 3.12. The highest BCUT2D eigenvalue weighted by Gasteiger charge is 2.15. The normalized spacial score (nSPS) is 16.8. The van der Waals surface area contributed by atoms with Gasteiger partial charge in [-0.05, 0) is 37.5 Å². The van der Waals surface area contributed by atoms with E-state index in [9.17, 15) is 4.79 Å². The first-order valence-electron chi connectivity index (χ1n) is 8.72. The summed E-state index contributed by atoms with van der Waals surface area (Å²) in [6.07, 6.45) is 3.40. The van der Waals surface area contributed by atoms with Gasteiger partial charge in [0.1, 0.15) is 6.54 Å². The fourth-order valence-electron chi connectivity index (χ4n) is 2.56. The van der Waals surface area contributed by atoms with E-state index in [1.54, 1.807) is 0 Å². The number of nitrogens with zero attached hydrogens (tertiary/aromatic N) is 1. The van der Waals surface area contributed by atoms with Crippen LogP contribution < -0.4 is 16.0 Å². The molecule has 25 heavy (non-hydrogen) atoms. The van der Waals surface area contributed by atoms with Crippen molar-refractivity contribution in [2.75, 3.05) is 31.9 Å². The summed E-state index contributed by atoms with van der Waals surface area (Å²) in [5, 5.41) is 10.1. The standard InChI is InChI=1S/C18H28N4OS.HI/c1-2-19-18(21-13-16-9-6-12-24-16)22-14-17(23)20-11-10-15-7-4-3-5-8-15;/h3-5,7-8,16H,2,6,9-14H2,1H3,(H,20,23)(H2,19,21,22);1H. The minimum absolute atomic E-state index is 0. The quantitative estimate of drug-likeness (QED) is 0.307.